The number of aromatic nitrogens is 2. The molecule has 1 aromatic heterocycles. The van der Waals surface area contributed by atoms with E-state index >= 15 is 0 Å². The number of aryl methyl sites for hydroxylation is 1. The Labute approximate surface area is 77.9 Å². The molecular weight excluding hydrogens is 198 g/mol. The van der Waals surface area contributed by atoms with Crippen LogP contribution in [-0.2, 0) is 7.05 Å². The van der Waals surface area contributed by atoms with E-state index in [9.17, 15) is 14.9 Å². The van der Waals surface area contributed by atoms with Gasteiger partial charge in [0.25, 0.3) is 5.56 Å². The molecule has 0 radical (unpaired) electrons. The van der Waals surface area contributed by atoms with Gasteiger partial charge < -0.3 is 10.1 Å². The molecule has 70 valence electrons. The summed E-state index contributed by atoms with van der Waals surface area (Å²) < 4.78 is 0.888. The van der Waals surface area contributed by atoms with Crippen LogP contribution in [0, 0.1) is 17.0 Å². The van der Waals surface area contributed by atoms with Gasteiger partial charge in [-0.25, -0.2) is 0 Å². The molecular formula is C6H6ClN3O3. The maximum atomic E-state index is 11.2. The first-order valence-corrected chi connectivity index (χ1v) is 3.70. The molecule has 1 aromatic rings. The third-order valence-electron chi connectivity index (χ3n) is 1.56. The standard InChI is InChI=1S/C6H6ClN3O3/c1-3-4(7)5(10(12)13)8-9(2)6(3)11/h1-2H3. The van der Waals surface area contributed by atoms with E-state index in [1.54, 1.807) is 0 Å². The third-order valence-corrected chi connectivity index (χ3v) is 2.01. The van der Waals surface area contributed by atoms with E-state index in [-0.39, 0.29) is 10.6 Å². The van der Waals surface area contributed by atoms with Crippen LogP contribution >= 0.6 is 11.6 Å². The van der Waals surface area contributed by atoms with Gasteiger partial charge in [0.2, 0.25) is 0 Å². The molecule has 6 nitrogen and oxygen atoms in total. The zero-order valence-corrected chi connectivity index (χ0v) is 7.70. The Morgan fingerprint density at radius 3 is 2.62 bits per heavy atom. The van der Waals surface area contributed by atoms with Gasteiger partial charge in [0, 0.05) is 5.56 Å². The fourth-order valence-corrected chi connectivity index (χ4v) is 1.04. The molecule has 0 bridgehead atoms. The first-order chi connectivity index (χ1) is 5.95. The minimum Gasteiger partial charge on any atom is -0.358 e. The number of nitrogens with zero attached hydrogens (tertiary/aromatic N) is 3. The van der Waals surface area contributed by atoms with E-state index in [4.69, 9.17) is 11.6 Å². The fourth-order valence-electron chi connectivity index (χ4n) is 0.852. The zero-order chi connectivity index (χ0) is 10.2. The summed E-state index contributed by atoms with van der Waals surface area (Å²) in [5.41, 5.74) is -0.304. The Bertz CT molecular complexity index is 426. The first kappa shape index (κ1) is 9.66. The lowest BCUT2D eigenvalue weighted by atomic mass is 10.3. The maximum absolute atomic E-state index is 11.2. The Balaban J connectivity index is 3.60. The summed E-state index contributed by atoms with van der Waals surface area (Å²) in [4.78, 5) is 20.8. The Hall–Kier alpha value is -1.43. The van der Waals surface area contributed by atoms with Crippen LogP contribution in [-0.4, -0.2) is 14.7 Å². The lowest BCUT2D eigenvalue weighted by molar-refractivity contribution is -0.390. The summed E-state index contributed by atoms with van der Waals surface area (Å²) in [6.07, 6.45) is 0. The number of halogens is 1. The van der Waals surface area contributed by atoms with Gasteiger partial charge >= 0.3 is 5.82 Å². The second-order valence-corrected chi connectivity index (χ2v) is 2.83. The molecule has 0 unspecified atom stereocenters. The van der Waals surface area contributed by atoms with E-state index in [0.717, 1.165) is 4.68 Å². The van der Waals surface area contributed by atoms with Gasteiger partial charge in [-0.05, 0) is 11.8 Å². The number of rotatable bonds is 1. The molecule has 0 aliphatic rings. The topological polar surface area (TPSA) is 78.0 Å². The molecule has 13 heavy (non-hydrogen) atoms. The van der Waals surface area contributed by atoms with Crippen LogP contribution in [0.15, 0.2) is 4.79 Å². The Morgan fingerprint density at radius 1 is 1.62 bits per heavy atom. The van der Waals surface area contributed by atoms with Crippen molar-refractivity contribution in [2.75, 3.05) is 0 Å². The molecule has 0 spiro atoms. The van der Waals surface area contributed by atoms with Crippen LogP contribution < -0.4 is 5.56 Å². The summed E-state index contributed by atoms with van der Waals surface area (Å²) in [5, 5.41) is 13.6. The lowest BCUT2D eigenvalue weighted by Crippen LogP contribution is -2.23. The fraction of sp³-hybridized carbons (Fsp3) is 0.333. The molecule has 0 atom stereocenters. The van der Waals surface area contributed by atoms with Gasteiger partial charge in [-0.2, -0.15) is 0 Å². The highest BCUT2D eigenvalue weighted by molar-refractivity contribution is 6.33. The molecule has 0 aromatic carbocycles. The predicted molar refractivity (Wildman–Crippen MR) is 45.9 cm³/mol. The van der Waals surface area contributed by atoms with Gasteiger partial charge in [-0.3, -0.25) is 4.79 Å². The smallest absolute Gasteiger partial charge is 0.358 e. The van der Waals surface area contributed by atoms with Crippen LogP contribution in [0.4, 0.5) is 5.82 Å². The molecule has 0 amide bonds. The van der Waals surface area contributed by atoms with E-state index in [1.165, 1.54) is 14.0 Å². The van der Waals surface area contributed by atoms with Crippen molar-refractivity contribution in [3.8, 4) is 0 Å². The van der Waals surface area contributed by atoms with Gasteiger partial charge in [0.1, 0.15) is 5.02 Å². The molecule has 0 aliphatic carbocycles. The molecule has 0 saturated heterocycles. The minimum absolute atomic E-state index is 0.130. The second-order valence-electron chi connectivity index (χ2n) is 2.45. The van der Waals surface area contributed by atoms with Crippen molar-refractivity contribution in [3.63, 3.8) is 0 Å². The predicted octanol–water partition coefficient (Wildman–Crippen LogP) is 0.650. The van der Waals surface area contributed by atoms with Crippen LogP contribution in [0.1, 0.15) is 5.56 Å². The van der Waals surface area contributed by atoms with Crippen molar-refractivity contribution < 1.29 is 4.92 Å². The van der Waals surface area contributed by atoms with Crippen LogP contribution in [0.3, 0.4) is 0 Å². The van der Waals surface area contributed by atoms with E-state index in [0.29, 0.717) is 0 Å². The van der Waals surface area contributed by atoms with Crippen molar-refractivity contribution in [2.45, 2.75) is 6.92 Å². The van der Waals surface area contributed by atoms with Crippen molar-refractivity contribution in [1.29, 1.82) is 0 Å². The summed E-state index contributed by atoms with van der Waals surface area (Å²) in [7, 11) is 1.33. The SMILES string of the molecule is Cc1c(Cl)c([N+](=O)[O-])nn(C)c1=O. The summed E-state index contributed by atoms with van der Waals surface area (Å²) >= 11 is 5.55. The third kappa shape index (κ3) is 1.52. The molecule has 1 rings (SSSR count). The van der Waals surface area contributed by atoms with Crippen LogP contribution in [0.5, 0.6) is 0 Å². The average Bonchev–Trinajstić information content (AvgIpc) is 2.07. The largest absolute Gasteiger partial charge is 0.407 e. The van der Waals surface area contributed by atoms with Crippen molar-refractivity contribution in [2.24, 2.45) is 7.05 Å². The highest BCUT2D eigenvalue weighted by Crippen LogP contribution is 2.21. The van der Waals surface area contributed by atoms with Crippen molar-refractivity contribution in [1.82, 2.24) is 9.78 Å². The Morgan fingerprint density at radius 2 is 2.15 bits per heavy atom. The van der Waals surface area contributed by atoms with E-state index < -0.39 is 16.3 Å². The number of nitro groups is 1. The van der Waals surface area contributed by atoms with Crippen molar-refractivity contribution >= 4 is 17.4 Å². The highest BCUT2D eigenvalue weighted by Gasteiger charge is 2.20. The Kier molecular flexibility index (Phi) is 2.33. The number of hydrogen-bond donors (Lipinski definition) is 0. The summed E-state index contributed by atoms with van der Waals surface area (Å²) in [6.45, 7) is 1.42. The molecule has 1 heterocycles. The van der Waals surface area contributed by atoms with Crippen LogP contribution in [0.25, 0.3) is 0 Å². The van der Waals surface area contributed by atoms with Gasteiger partial charge in [0.15, 0.2) is 0 Å². The lowest BCUT2D eigenvalue weighted by Gasteiger charge is -1.98. The molecule has 0 fully saturated rings. The molecule has 0 aliphatic heterocycles. The molecule has 0 N–H and O–H groups in total. The minimum atomic E-state index is -0.727. The highest BCUT2D eigenvalue weighted by atomic mass is 35.5. The van der Waals surface area contributed by atoms with E-state index in [2.05, 4.69) is 5.10 Å². The van der Waals surface area contributed by atoms with Gasteiger partial charge in [-0.15, -0.1) is 4.68 Å². The average molecular weight is 204 g/mol. The maximum Gasteiger partial charge on any atom is 0.407 e. The van der Waals surface area contributed by atoms with Crippen molar-refractivity contribution in [3.05, 3.63) is 31.1 Å². The monoisotopic (exact) mass is 203 g/mol. The first-order valence-electron chi connectivity index (χ1n) is 3.33. The second kappa shape index (κ2) is 3.14. The summed E-state index contributed by atoms with van der Waals surface area (Å²) in [6, 6.07) is 0. The number of hydrogen-bond acceptors (Lipinski definition) is 4. The van der Waals surface area contributed by atoms with Gasteiger partial charge in [0.05, 0.1) is 12.1 Å². The molecule has 0 saturated carbocycles. The van der Waals surface area contributed by atoms with E-state index in [1.807, 2.05) is 0 Å². The zero-order valence-electron chi connectivity index (χ0n) is 6.94. The summed E-state index contributed by atoms with van der Waals surface area (Å²) in [5.74, 6) is -0.499. The quantitative estimate of drug-likeness (QED) is 0.496. The molecule has 7 heteroatoms. The van der Waals surface area contributed by atoms with Crippen LogP contribution in [0.2, 0.25) is 5.02 Å². The normalized spacial score (nSPS) is 10.1. The van der Waals surface area contributed by atoms with Gasteiger partial charge in [-0.1, -0.05) is 11.6 Å².